The van der Waals surface area contributed by atoms with Gasteiger partial charge in [-0.15, -0.1) is 0 Å². The standard InChI is InChI=1S/C64H53N3O2/c1-37(2)45-22-14-23-46(38(3)4)59(45)49-25-15-24-47(41-18-8-7-9-19-41)60(49)50-32-34-53-62(57(50)44-31-35-56-51(36-44)48-21-10-11-27-55(48)69-56)66-64(67(53)63-39(5)16-12-17-40(63)6)52-33-30-43-29-28-42-20-13-26-54(68)58(42)61(43)65-52/h7-27,30-38,68H,28-29H2,1-6H3. The highest BCUT2D eigenvalue weighted by atomic mass is 16.3. The normalized spacial score (nSPS) is 12.4. The summed E-state index contributed by atoms with van der Waals surface area (Å²) in [5, 5.41) is 13.5. The Morgan fingerprint density at radius 3 is 1.96 bits per heavy atom. The van der Waals surface area contributed by atoms with E-state index in [0.29, 0.717) is 11.8 Å². The van der Waals surface area contributed by atoms with Crippen LogP contribution in [0, 0.1) is 13.8 Å². The van der Waals surface area contributed by atoms with Gasteiger partial charge < -0.3 is 9.52 Å². The number of pyridine rings is 1. The number of imidazole rings is 1. The van der Waals surface area contributed by atoms with Gasteiger partial charge in [0, 0.05) is 21.9 Å². The highest BCUT2D eigenvalue weighted by Gasteiger charge is 2.29. The molecule has 0 aliphatic heterocycles. The zero-order valence-electron chi connectivity index (χ0n) is 39.9. The minimum Gasteiger partial charge on any atom is -0.507 e. The molecule has 0 unspecified atom stereocenters. The summed E-state index contributed by atoms with van der Waals surface area (Å²) in [7, 11) is 0. The van der Waals surface area contributed by atoms with Crippen molar-refractivity contribution in [2.45, 2.75) is 66.2 Å². The van der Waals surface area contributed by atoms with Crippen LogP contribution >= 0.6 is 0 Å². The Balaban J connectivity index is 1.25. The van der Waals surface area contributed by atoms with Gasteiger partial charge in [0.25, 0.3) is 0 Å². The molecular weight excluding hydrogens is 843 g/mol. The lowest BCUT2D eigenvalue weighted by Gasteiger charge is -2.25. The molecule has 8 aromatic carbocycles. The summed E-state index contributed by atoms with van der Waals surface area (Å²) in [6.07, 6.45) is 1.71. The van der Waals surface area contributed by atoms with Gasteiger partial charge in [-0.1, -0.05) is 161 Å². The van der Waals surface area contributed by atoms with Crippen LogP contribution in [0.1, 0.15) is 72.9 Å². The topological polar surface area (TPSA) is 64.1 Å². The zero-order valence-corrected chi connectivity index (χ0v) is 39.9. The van der Waals surface area contributed by atoms with E-state index >= 15 is 0 Å². The molecule has 5 nitrogen and oxygen atoms in total. The number of aromatic hydroxyl groups is 1. The molecule has 0 atom stereocenters. The molecule has 0 amide bonds. The fraction of sp³-hybridized carbons (Fsp3) is 0.156. The SMILES string of the molecule is Cc1cccc(C)c1-n1c(-c2ccc3c(n2)-c2c(O)cccc2CC3)nc2c(-c3ccc4oc5ccccc5c4c3)c(-c3c(-c4ccccc4)cccc3-c3c(C(C)C)cccc3C(C)C)ccc21. The van der Waals surface area contributed by atoms with E-state index in [-0.39, 0.29) is 5.75 Å². The predicted octanol–water partition coefficient (Wildman–Crippen LogP) is 17.0. The molecule has 0 fully saturated rings. The maximum atomic E-state index is 11.3. The Hall–Kier alpha value is -8.02. The Morgan fingerprint density at radius 2 is 1.17 bits per heavy atom. The Kier molecular flexibility index (Phi) is 10.2. The lowest BCUT2D eigenvalue weighted by atomic mass is 9.79. The minimum absolute atomic E-state index is 0.253. The maximum absolute atomic E-state index is 11.3. The van der Waals surface area contributed by atoms with E-state index in [9.17, 15) is 5.11 Å². The highest BCUT2D eigenvalue weighted by Crippen LogP contribution is 2.51. The zero-order chi connectivity index (χ0) is 47.1. The van der Waals surface area contributed by atoms with Crippen molar-refractivity contribution in [1.29, 1.82) is 0 Å². The van der Waals surface area contributed by atoms with Gasteiger partial charge in [-0.25, -0.2) is 9.97 Å². The molecule has 0 saturated carbocycles. The molecule has 1 N–H and O–H groups in total. The van der Waals surface area contributed by atoms with Crippen LogP contribution in [0.25, 0.3) is 106 Å². The van der Waals surface area contributed by atoms with Gasteiger partial charge in [0.15, 0.2) is 5.82 Å². The second-order valence-corrected chi connectivity index (χ2v) is 19.4. The molecule has 0 bridgehead atoms. The Morgan fingerprint density at radius 1 is 0.507 bits per heavy atom. The van der Waals surface area contributed by atoms with Gasteiger partial charge >= 0.3 is 0 Å². The summed E-state index contributed by atoms with van der Waals surface area (Å²) in [5.74, 6) is 1.58. The van der Waals surface area contributed by atoms with Crippen LogP contribution in [0.5, 0.6) is 5.75 Å². The van der Waals surface area contributed by atoms with Gasteiger partial charge in [0.1, 0.15) is 22.6 Å². The number of phenolic OH excluding ortho intramolecular Hbond substituents is 1. The molecule has 1 aliphatic rings. The molecular formula is C64H53N3O2. The number of furan rings is 1. The van der Waals surface area contributed by atoms with Crippen molar-refractivity contribution in [3.63, 3.8) is 0 Å². The van der Waals surface area contributed by atoms with Crippen molar-refractivity contribution in [3.8, 4) is 78.7 Å². The van der Waals surface area contributed by atoms with Crippen molar-refractivity contribution >= 4 is 33.0 Å². The largest absolute Gasteiger partial charge is 0.507 e. The lowest BCUT2D eigenvalue weighted by molar-refractivity contribution is 0.476. The van der Waals surface area contributed by atoms with Crippen molar-refractivity contribution in [2.75, 3.05) is 0 Å². The molecule has 3 aromatic heterocycles. The Labute approximate surface area is 403 Å². The summed E-state index contributed by atoms with van der Waals surface area (Å²) in [6, 6.07) is 60.7. The molecule has 69 heavy (non-hydrogen) atoms. The average molecular weight is 896 g/mol. The number of phenols is 1. The predicted molar refractivity (Wildman–Crippen MR) is 285 cm³/mol. The average Bonchev–Trinajstić information content (AvgIpc) is 3.94. The molecule has 0 saturated heterocycles. The van der Waals surface area contributed by atoms with Crippen LogP contribution in [0.15, 0.2) is 174 Å². The summed E-state index contributed by atoms with van der Waals surface area (Å²) < 4.78 is 8.80. The van der Waals surface area contributed by atoms with Crippen molar-refractivity contribution in [2.24, 2.45) is 0 Å². The summed E-state index contributed by atoms with van der Waals surface area (Å²) >= 11 is 0. The van der Waals surface area contributed by atoms with E-state index < -0.39 is 0 Å². The number of rotatable bonds is 8. The third-order valence-electron chi connectivity index (χ3n) is 14.5. The molecule has 336 valence electrons. The first-order valence-corrected chi connectivity index (χ1v) is 24.3. The van der Waals surface area contributed by atoms with Gasteiger partial charge in [0.2, 0.25) is 0 Å². The fourth-order valence-corrected chi connectivity index (χ4v) is 11.2. The van der Waals surface area contributed by atoms with Crippen LogP contribution < -0.4 is 0 Å². The number of fused-ring (bicyclic) bond motifs is 7. The van der Waals surface area contributed by atoms with Crippen molar-refractivity contribution < 1.29 is 9.52 Å². The second kappa shape index (κ2) is 16.6. The number of benzene rings is 8. The number of nitrogens with zero attached hydrogens (tertiary/aromatic N) is 3. The molecule has 12 rings (SSSR count). The minimum atomic E-state index is 0.253. The lowest BCUT2D eigenvalue weighted by Crippen LogP contribution is -2.08. The molecule has 1 aliphatic carbocycles. The molecule has 0 spiro atoms. The number of hydrogen-bond donors (Lipinski definition) is 1. The van der Waals surface area contributed by atoms with Crippen LogP contribution in [-0.2, 0) is 12.8 Å². The van der Waals surface area contributed by atoms with Crippen LogP contribution in [0.2, 0.25) is 0 Å². The smallest absolute Gasteiger partial charge is 0.164 e. The monoisotopic (exact) mass is 895 g/mol. The third kappa shape index (κ3) is 6.90. The maximum Gasteiger partial charge on any atom is 0.164 e. The van der Waals surface area contributed by atoms with Gasteiger partial charge in [-0.2, -0.15) is 0 Å². The summed E-state index contributed by atoms with van der Waals surface area (Å²) in [5.41, 5.74) is 23.3. The van der Waals surface area contributed by atoms with Gasteiger partial charge in [0.05, 0.1) is 22.4 Å². The van der Waals surface area contributed by atoms with E-state index in [1.165, 1.54) is 22.3 Å². The van der Waals surface area contributed by atoms with E-state index in [1.54, 1.807) is 6.07 Å². The number of aromatic nitrogens is 3. The summed E-state index contributed by atoms with van der Waals surface area (Å²) in [6.45, 7) is 13.6. The van der Waals surface area contributed by atoms with E-state index in [1.807, 2.05) is 18.2 Å². The van der Waals surface area contributed by atoms with Crippen LogP contribution in [-0.4, -0.2) is 19.6 Å². The highest BCUT2D eigenvalue weighted by molar-refractivity contribution is 6.12. The van der Waals surface area contributed by atoms with E-state index in [4.69, 9.17) is 14.4 Å². The number of aryl methyl sites for hydroxylation is 4. The molecule has 11 aromatic rings. The quantitative estimate of drug-likeness (QED) is 0.165. The first-order chi connectivity index (χ1) is 33.6. The van der Waals surface area contributed by atoms with E-state index in [0.717, 1.165) is 130 Å². The van der Waals surface area contributed by atoms with Crippen LogP contribution in [0.3, 0.4) is 0 Å². The van der Waals surface area contributed by atoms with Crippen molar-refractivity contribution in [1.82, 2.24) is 14.5 Å². The molecule has 3 heterocycles. The first kappa shape index (κ1) is 42.3. The molecule has 0 radical (unpaired) electrons. The Bertz CT molecular complexity index is 3790. The van der Waals surface area contributed by atoms with Gasteiger partial charge in [-0.05, 0) is 147 Å². The number of hydrogen-bond acceptors (Lipinski definition) is 4. The second-order valence-electron chi connectivity index (χ2n) is 19.4. The first-order valence-electron chi connectivity index (χ1n) is 24.3. The number of para-hydroxylation sites is 2. The molecule has 5 heteroatoms. The summed E-state index contributed by atoms with van der Waals surface area (Å²) in [4.78, 5) is 11.4. The van der Waals surface area contributed by atoms with E-state index in [2.05, 4.69) is 192 Å². The van der Waals surface area contributed by atoms with Crippen molar-refractivity contribution in [3.05, 3.63) is 203 Å². The van der Waals surface area contributed by atoms with Crippen LogP contribution in [0.4, 0.5) is 0 Å². The fourth-order valence-electron chi connectivity index (χ4n) is 11.2. The van der Waals surface area contributed by atoms with Gasteiger partial charge in [-0.3, -0.25) is 4.57 Å². The third-order valence-corrected chi connectivity index (χ3v) is 14.5.